The van der Waals surface area contributed by atoms with Crippen LogP contribution in [0.25, 0.3) is 0 Å². The zero-order chi connectivity index (χ0) is 18.1. The van der Waals surface area contributed by atoms with Gasteiger partial charge in [0.15, 0.2) is 0 Å². The maximum Gasteiger partial charge on any atom is 0.0902 e. The Morgan fingerprint density at radius 1 is 1.00 bits per heavy atom. The number of nitrogens with zero attached hydrogens (tertiary/aromatic N) is 2. The largest absolute Gasteiger partial charge is 0.355 e. The minimum Gasteiger partial charge on any atom is -0.355 e. The molecule has 1 aromatic rings. The van der Waals surface area contributed by atoms with Gasteiger partial charge in [-0.1, -0.05) is 18.8 Å². The predicted molar refractivity (Wildman–Crippen MR) is 106 cm³/mol. The van der Waals surface area contributed by atoms with Crippen molar-refractivity contribution in [1.29, 1.82) is 0 Å². The summed E-state index contributed by atoms with van der Waals surface area (Å²) in [6.45, 7) is 11.8. The molecule has 128 valence electrons. The molecule has 0 amide bonds. The summed E-state index contributed by atoms with van der Waals surface area (Å²) in [5.41, 5.74) is 8.66. The molecular formula is C23H26N2. The standard InChI is InChI=1S/C23H26N2/c1-7-20-11-16(3)22(17(4)12-20)24-9-10-25(15-24)23-18(5)13-21(8-2)14-19(23)6/h1-2,11-13,19H,9-10,14-15H2,3-6H3/t19-/m0/s1. The van der Waals surface area contributed by atoms with E-state index in [0.29, 0.717) is 5.92 Å². The summed E-state index contributed by atoms with van der Waals surface area (Å²) in [5.74, 6) is 6.04. The summed E-state index contributed by atoms with van der Waals surface area (Å²) < 4.78 is 0. The fourth-order valence-corrected chi connectivity index (χ4v) is 4.38. The normalized spacial score (nSPS) is 20.4. The van der Waals surface area contributed by atoms with Crippen LogP contribution < -0.4 is 4.90 Å². The number of allylic oxidation sites excluding steroid dienone is 4. The molecule has 1 aliphatic heterocycles. The molecule has 0 aromatic heterocycles. The van der Waals surface area contributed by atoms with Gasteiger partial charge in [0, 0.05) is 41.5 Å². The fraction of sp³-hybridized carbons (Fsp3) is 0.391. The van der Waals surface area contributed by atoms with Gasteiger partial charge in [-0.25, -0.2) is 0 Å². The first kappa shape index (κ1) is 17.2. The molecule has 0 saturated carbocycles. The van der Waals surface area contributed by atoms with Crippen molar-refractivity contribution in [2.45, 2.75) is 34.1 Å². The SMILES string of the molecule is C#CC1=CC(C)=C(N2CCN(c3c(C)cc(C#C)cc3C)C2)[C@@H](C)C1. The summed E-state index contributed by atoms with van der Waals surface area (Å²) in [6.07, 6.45) is 14.3. The molecule has 1 fully saturated rings. The lowest BCUT2D eigenvalue weighted by atomic mass is 9.88. The molecule has 1 atom stereocenters. The third kappa shape index (κ3) is 3.18. The predicted octanol–water partition coefficient (Wildman–Crippen LogP) is 4.24. The lowest BCUT2D eigenvalue weighted by Crippen LogP contribution is -2.30. The Hall–Kier alpha value is -2.58. The van der Waals surface area contributed by atoms with Gasteiger partial charge in [0.05, 0.1) is 6.67 Å². The van der Waals surface area contributed by atoms with E-state index < -0.39 is 0 Å². The summed E-state index contributed by atoms with van der Waals surface area (Å²) in [7, 11) is 0. The van der Waals surface area contributed by atoms with Crippen LogP contribution in [0, 0.1) is 44.5 Å². The van der Waals surface area contributed by atoms with E-state index in [2.05, 4.69) is 67.5 Å². The first-order valence-corrected chi connectivity index (χ1v) is 8.90. The fourth-order valence-electron chi connectivity index (χ4n) is 4.38. The highest BCUT2D eigenvalue weighted by Gasteiger charge is 2.29. The van der Waals surface area contributed by atoms with E-state index in [-0.39, 0.29) is 0 Å². The third-order valence-electron chi connectivity index (χ3n) is 5.27. The molecule has 1 aromatic carbocycles. The Morgan fingerprint density at radius 2 is 1.64 bits per heavy atom. The van der Waals surface area contributed by atoms with E-state index in [1.165, 1.54) is 28.1 Å². The summed E-state index contributed by atoms with van der Waals surface area (Å²) in [5, 5.41) is 0. The van der Waals surface area contributed by atoms with Gasteiger partial charge in [0.25, 0.3) is 0 Å². The number of aryl methyl sites for hydroxylation is 2. The molecule has 25 heavy (non-hydrogen) atoms. The first-order valence-electron chi connectivity index (χ1n) is 8.90. The number of anilines is 1. The van der Waals surface area contributed by atoms with Crippen molar-refractivity contribution in [2.75, 3.05) is 24.7 Å². The molecule has 0 radical (unpaired) electrons. The van der Waals surface area contributed by atoms with Gasteiger partial charge in [0.1, 0.15) is 0 Å². The van der Waals surface area contributed by atoms with Gasteiger partial charge in [-0.2, -0.15) is 0 Å². The average molecular weight is 330 g/mol. The van der Waals surface area contributed by atoms with Gasteiger partial charge in [0.2, 0.25) is 0 Å². The second-order valence-electron chi connectivity index (χ2n) is 7.26. The van der Waals surface area contributed by atoms with Crippen LogP contribution in [0.2, 0.25) is 0 Å². The minimum atomic E-state index is 0.474. The third-order valence-corrected chi connectivity index (χ3v) is 5.27. The Balaban J connectivity index is 1.87. The van der Waals surface area contributed by atoms with E-state index in [0.717, 1.165) is 37.3 Å². The second-order valence-corrected chi connectivity index (χ2v) is 7.26. The van der Waals surface area contributed by atoms with Crippen molar-refractivity contribution in [3.8, 4) is 24.7 Å². The van der Waals surface area contributed by atoms with Gasteiger partial charge >= 0.3 is 0 Å². The van der Waals surface area contributed by atoms with Crippen molar-refractivity contribution in [1.82, 2.24) is 4.90 Å². The monoisotopic (exact) mass is 330 g/mol. The van der Waals surface area contributed by atoms with E-state index in [1.807, 2.05) is 0 Å². The Bertz CT molecular complexity index is 819. The molecule has 1 heterocycles. The molecule has 0 unspecified atom stereocenters. The molecular weight excluding hydrogens is 304 g/mol. The van der Waals surface area contributed by atoms with Crippen molar-refractivity contribution in [3.63, 3.8) is 0 Å². The highest BCUT2D eigenvalue weighted by atomic mass is 15.4. The van der Waals surface area contributed by atoms with E-state index in [1.54, 1.807) is 0 Å². The van der Waals surface area contributed by atoms with Crippen molar-refractivity contribution < 1.29 is 0 Å². The zero-order valence-corrected chi connectivity index (χ0v) is 15.7. The summed E-state index contributed by atoms with van der Waals surface area (Å²) in [4.78, 5) is 4.98. The quantitative estimate of drug-likeness (QED) is 0.749. The van der Waals surface area contributed by atoms with Gasteiger partial charge in [-0.15, -0.1) is 12.8 Å². The number of hydrogen-bond donors (Lipinski definition) is 0. The van der Waals surface area contributed by atoms with Crippen LogP contribution >= 0.6 is 0 Å². The molecule has 2 nitrogen and oxygen atoms in total. The molecule has 3 rings (SSSR count). The van der Waals surface area contributed by atoms with Crippen LogP contribution in [0.5, 0.6) is 0 Å². The van der Waals surface area contributed by atoms with E-state index >= 15 is 0 Å². The average Bonchev–Trinajstić information content (AvgIpc) is 3.02. The molecule has 2 aliphatic rings. The zero-order valence-electron chi connectivity index (χ0n) is 15.7. The highest BCUT2D eigenvalue weighted by molar-refractivity contribution is 5.62. The van der Waals surface area contributed by atoms with Gasteiger partial charge < -0.3 is 9.80 Å². The highest BCUT2D eigenvalue weighted by Crippen LogP contribution is 2.35. The van der Waals surface area contributed by atoms with Crippen LogP contribution in [0.4, 0.5) is 5.69 Å². The molecule has 0 spiro atoms. The summed E-state index contributed by atoms with van der Waals surface area (Å²) in [6, 6.07) is 4.22. The van der Waals surface area contributed by atoms with E-state index in [9.17, 15) is 0 Å². The van der Waals surface area contributed by atoms with Crippen molar-refractivity contribution >= 4 is 5.69 Å². The van der Waals surface area contributed by atoms with Crippen LogP contribution in [-0.2, 0) is 0 Å². The maximum atomic E-state index is 5.60. The second kappa shape index (κ2) is 6.73. The van der Waals surface area contributed by atoms with E-state index in [4.69, 9.17) is 12.8 Å². The molecule has 1 aliphatic carbocycles. The van der Waals surface area contributed by atoms with Crippen LogP contribution in [0.15, 0.2) is 35.1 Å². The number of benzene rings is 1. The van der Waals surface area contributed by atoms with Crippen LogP contribution in [0.3, 0.4) is 0 Å². The summed E-state index contributed by atoms with van der Waals surface area (Å²) >= 11 is 0. The lowest BCUT2D eigenvalue weighted by Gasteiger charge is -2.32. The van der Waals surface area contributed by atoms with Gasteiger partial charge in [-0.05, 0) is 62.1 Å². The number of terminal acetylenes is 2. The Morgan fingerprint density at radius 3 is 2.20 bits per heavy atom. The lowest BCUT2D eigenvalue weighted by molar-refractivity contribution is 0.365. The number of hydrogen-bond acceptors (Lipinski definition) is 2. The molecule has 0 bridgehead atoms. The Labute approximate surface area is 152 Å². The minimum absolute atomic E-state index is 0.474. The maximum absolute atomic E-state index is 5.60. The molecule has 0 N–H and O–H groups in total. The van der Waals surface area contributed by atoms with Crippen molar-refractivity contribution in [3.05, 3.63) is 51.7 Å². The topological polar surface area (TPSA) is 6.48 Å². The van der Waals surface area contributed by atoms with Gasteiger partial charge in [-0.3, -0.25) is 0 Å². The van der Waals surface area contributed by atoms with Crippen LogP contribution in [0.1, 0.15) is 37.0 Å². The number of rotatable bonds is 2. The first-order chi connectivity index (χ1) is 11.9. The smallest absolute Gasteiger partial charge is 0.0902 e. The van der Waals surface area contributed by atoms with Crippen molar-refractivity contribution in [2.24, 2.45) is 5.92 Å². The Kier molecular flexibility index (Phi) is 4.65. The molecule has 2 heteroatoms. The molecule has 1 saturated heterocycles. The van der Waals surface area contributed by atoms with Crippen LogP contribution in [-0.4, -0.2) is 24.7 Å².